The quantitative estimate of drug-likeness (QED) is 0.766. The maximum Gasteiger partial charge on any atom is 0.336 e. The van der Waals surface area contributed by atoms with Gasteiger partial charge >= 0.3 is 5.97 Å². The molecule has 0 atom stereocenters. The van der Waals surface area contributed by atoms with Gasteiger partial charge in [0.1, 0.15) is 5.82 Å². The molecular weight excluding hydrogens is 266 g/mol. The van der Waals surface area contributed by atoms with E-state index in [0.717, 1.165) is 31.7 Å². The van der Waals surface area contributed by atoms with E-state index in [2.05, 4.69) is 29.3 Å². The molecule has 0 aliphatic heterocycles. The first kappa shape index (κ1) is 15.3. The van der Waals surface area contributed by atoms with Crippen LogP contribution in [0.3, 0.4) is 0 Å². The number of nitrogens with one attached hydrogen (secondary N) is 1. The smallest absolute Gasteiger partial charge is 0.336 e. The molecule has 0 radical (unpaired) electrons. The molecule has 1 aromatic heterocycles. The molecule has 1 heterocycles. The predicted octanol–water partition coefficient (Wildman–Crippen LogP) is 2.69. The molecule has 0 unspecified atom stereocenters. The van der Waals surface area contributed by atoms with Crippen LogP contribution < -0.4 is 5.32 Å². The number of unbranched alkanes of at least 4 members (excludes halogenated alkanes) is 1. The first-order valence-corrected chi connectivity index (χ1v) is 7.09. The van der Waals surface area contributed by atoms with Crippen molar-refractivity contribution in [2.24, 2.45) is 0 Å². The molecule has 2 rings (SSSR count). The Bertz CT molecular complexity index is 626. The van der Waals surface area contributed by atoms with Gasteiger partial charge in [0.25, 0.3) is 0 Å². The molecule has 21 heavy (non-hydrogen) atoms. The summed E-state index contributed by atoms with van der Waals surface area (Å²) in [6.07, 6.45) is 2.21. The van der Waals surface area contributed by atoms with Crippen molar-refractivity contribution in [3.8, 4) is 0 Å². The second-order valence-electron chi connectivity index (χ2n) is 5.31. The van der Waals surface area contributed by atoms with Crippen LogP contribution in [0.1, 0.15) is 23.2 Å². The van der Waals surface area contributed by atoms with E-state index in [1.54, 1.807) is 12.1 Å². The SMILES string of the molecule is CN(C)CCCCNc1ccc2c(C(=O)O)cccc2n1. The lowest BCUT2D eigenvalue weighted by molar-refractivity contribution is 0.0699. The molecule has 2 aromatic rings. The zero-order valence-electron chi connectivity index (χ0n) is 12.5. The number of aromatic carboxylic acids is 1. The lowest BCUT2D eigenvalue weighted by Crippen LogP contribution is -2.14. The molecule has 0 aliphatic carbocycles. The fraction of sp³-hybridized carbons (Fsp3) is 0.375. The van der Waals surface area contributed by atoms with E-state index in [1.807, 2.05) is 18.2 Å². The van der Waals surface area contributed by atoms with Crippen molar-refractivity contribution in [1.82, 2.24) is 9.88 Å². The van der Waals surface area contributed by atoms with Crippen molar-refractivity contribution in [3.63, 3.8) is 0 Å². The summed E-state index contributed by atoms with van der Waals surface area (Å²) in [5.41, 5.74) is 0.991. The fourth-order valence-corrected chi connectivity index (χ4v) is 2.21. The van der Waals surface area contributed by atoms with Gasteiger partial charge in [0.05, 0.1) is 11.1 Å². The fourth-order valence-electron chi connectivity index (χ4n) is 2.21. The number of carbonyl (C=O) groups is 1. The molecular formula is C16H21N3O2. The second kappa shape index (κ2) is 7.04. The number of carboxylic acids is 1. The first-order valence-electron chi connectivity index (χ1n) is 7.09. The number of pyridine rings is 1. The van der Waals surface area contributed by atoms with E-state index in [0.29, 0.717) is 10.9 Å². The zero-order chi connectivity index (χ0) is 15.2. The summed E-state index contributed by atoms with van der Waals surface area (Å²) in [6, 6.07) is 8.80. The first-order chi connectivity index (χ1) is 10.1. The summed E-state index contributed by atoms with van der Waals surface area (Å²) in [6.45, 7) is 1.94. The second-order valence-corrected chi connectivity index (χ2v) is 5.31. The Morgan fingerprint density at radius 1 is 1.24 bits per heavy atom. The molecule has 112 valence electrons. The lowest BCUT2D eigenvalue weighted by atomic mass is 10.1. The van der Waals surface area contributed by atoms with Crippen LogP contribution in [0, 0.1) is 0 Å². The Balaban J connectivity index is 2.01. The number of aromatic nitrogens is 1. The molecule has 0 fully saturated rings. The van der Waals surface area contributed by atoms with E-state index in [9.17, 15) is 4.79 Å². The number of benzene rings is 1. The zero-order valence-corrected chi connectivity index (χ0v) is 12.5. The molecule has 1 aromatic carbocycles. The Kier molecular flexibility index (Phi) is 5.11. The van der Waals surface area contributed by atoms with Gasteiger partial charge in [-0.05, 0) is 57.7 Å². The van der Waals surface area contributed by atoms with Gasteiger partial charge in [0.15, 0.2) is 0 Å². The Labute approximate surface area is 124 Å². The number of rotatable bonds is 7. The van der Waals surface area contributed by atoms with Gasteiger partial charge in [-0.1, -0.05) is 6.07 Å². The van der Waals surface area contributed by atoms with Gasteiger partial charge in [0.2, 0.25) is 0 Å². The molecule has 0 bridgehead atoms. The third-order valence-electron chi connectivity index (χ3n) is 3.30. The highest BCUT2D eigenvalue weighted by Crippen LogP contribution is 2.19. The molecule has 0 amide bonds. The number of hydrogen-bond acceptors (Lipinski definition) is 4. The van der Waals surface area contributed by atoms with Crippen molar-refractivity contribution in [1.29, 1.82) is 0 Å². The summed E-state index contributed by atoms with van der Waals surface area (Å²) < 4.78 is 0. The van der Waals surface area contributed by atoms with Crippen LogP contribution in [-0.4, -0.2) is 48.1 Å². The minimum absolute atomic E-state index is 0.289. The number of carboxylic acid groups (broad SMARTS) is 1. The van der Waals surface area contributed by atoms with Crippen molar-refractivity contribution in [2.75, 3.05) is 32.5 Å². The number of hydrogen-bond donors (Lipinski definition) is 2. The van der Waals surface area contributed by atoms with Crippen molar-refractivity contribution < 1.29 is 9.90 Å². The number of nitrogens with zero attached hydrogens (tertiary/aromatic N) is 2. The molecule has 0 aliphatic rings. The third kappa shape index (κ3) is 4.16. The van der Waals surface area contributed by atoms with Gasteiger partial charge in [-0.15, -0.1) is 0 Å². The van der Waals surface area contributed by atoms with Crippen LogP contribution in [0.2, 0.25) is 0 Å². The normalized spacial score (nSPS) is 11.0. The van der Waals surface area contributed by atoms with Crippen LogP contribution in [0.5, 0.6) is 0 Å². The summed E-state index contributed by atoms with van der Waals surface area (Å²) in [5, 5.41) is 13.1. The average molecular weight is 287 g/mol. The van der Waals surface area contributed by atoms with E-state index in [-0.39, 0.29) is 5.56 Å². The summed E-state index contributed by atoms with van der Waals surface area (Å²) in [5.74, 6) is -0.137. The standard InChI is InChI=1S/C16H21N3O2/c1-19(2)11-4-3-10-17-15-9-8-12-13(16(20)21)6-5-7-14(12)18-15/h5-9H,3-4,10-11H2,1-2H3,(H,17,18)(H,20,21). The molecule has 0 saturated heterocycles. The number of anilines is 1. The monoisotopic (exact) mass is 287 g/mol. The van der Waals surface area contributed by atoms with Crippen LogP contribution >= 0.6 is 0 Å². The molecule has 0 spiro atoms. The van der Waals surface area contributed by atoms with Crippen LogP contribution in [-0.2, 0) is 0 Å². The van der Waals surface area contributed by atoms with E-state index in [4.69, 9.17) is 5.11 Å². The minimum Gasteiger partial charge on any atom is -0.478 e. The highest BCUT2D eigenvalue weighted by atomic mass is 16.4. The minimum atomic E-state index is -0.924. The number of fused-ring (bicyclic) bond motifs is 1. The van der Waals surface area contributed by atoms with Gasteiger partial charge in [-0.3, -0.25) is 0 Å². The highest BCUT2D eigenvalue weighted by molar-refractivity contribution is 6.02. The third-order valence-corrected chi connectivity index (χ3v) is 3.30. The largest absolute Gasteiger partial charge is 0.478 e. The maximum atomic E-state index is 11.2. The molecule has 2 N–H and O–H groups in total. The predicted molar refractivity (Wildman–Crippen MR) is 85.0 cm³/mol. The van der Waals surface area contributed by atoms with E-state index < -0.39 is 5.97 Å². The molecule has 5 nitrogen and oxygen atoms in total. The van der Waals surface area contributed by atoms with E-state index >= 15 is 0 Å². The van der Waals surface area contributed by atoms with Gasteiger partial charge in [-0.2, -0.15) is 0 Å². The highest BCUT2D eigenvalue weighted by Gasteiger charge is 2.08. The van der Waals surface area contributed by atoms with Crippen LogP contribution in [0.4, 0.5) is 5.82 Å². The van der Waals surface area contributed by atoms with E-state index in [1.165, 1.54) is 0 Å². The summed E-state index contributed by atoms with van der Waals surface area (Å²) in [7, 11) is 4.14. The summed E-state index contributed by atoms with van der Waals surface area (Å²) >= 11 is 0. The molecule has 5 heteroatoms. The Morgan fingerprint density at radius 3 is 2.76 bits per heavy atom. The Morgan fingerprint density at radius 2 is 2.05 bits per heavy atom. The van der Waals surface area contributed by atoms with Crippen LogP contribution in [0.15, 0.2) is 30.3 Å². The molecule has 0 saturated carbocycles. The van der Waals surface area contributed by atoms with Gasteiger partial charge < -0.3 is 15.3 Å². The topological polar surface area (TPSA) is 65.5 Å². The van der Waals surface area contributed by atoms with Crippen molar-refractivity contribution in [3.05, 3.63) is 35.9 Å². The van der Waals surface area contributed by atoms with Crippen LogP contribution in [0.25, 0.3) is 10.9 Å². The van der Waals surface area contributed by atoms with Crippen molar-refractivity contribution >= 4 is 22.7 Å². The van der Waals surface area contributed by atoms with Gasteiger partial charge in [0, 0.05) is 11.9 Å². The Hall–Kier alpha value is -2.14. The summed E-state index contributed by atoms with van der Waals surface area (Å²) in [4.78, 5) is 17.8. The average Bonchev–Trinajstić information content (AvgIpc) is 2.45. The maximum absolute atomic E-state index is 11.2. The van der Waals surface area contributed by atoms with Gasteiger partial charge in [-0.25, -0.2) is 9.78 Å². The van der Waals surface area contributed by atoms with Crippen molar-refractivity contribution in [2.45, 2.75) is 12.8 Å². The lowest BCUT2D eigenvalue weighted by Gasteiger charge is -2.10.